The molecule has 1 amide bonds. The number of carbonyl (C=O) groups excluding carboxylic acids is 2. The molecular weight excluding hydrogens is 314 g/mol. The Labute approximate surface area is 140 Å². The van der Waals surface area contributed by atoms with Crippen molar-refractivity contribution in [3.8, 4) is 5.75 Å². The fourth-order valence-electron chi connectivity index (χ4n) is 2.17. The minimum atomic E-state index is -0.187. The third kappa shape index (κ3) is 5.11. The second-order valence-electron chi connectivity index (χ2n) is 5.31. The molecule has 2 aromatic rings. The first-order chi connectivity index (χ1) is 11.0. The molecule has 1 atom stereocenters. The molecule has 0 radical (unpaired) electrons. The van der Waals surface area contributed by atoms with Crippen molar-refractivity contribution in [1.29, 1.82) is 0 Å². The van der Waals surface area contributed by atoms with Gasteiger partial charge in [0.1, 0.15) is 5.75 Å². The van der Waals surface area contributed by atoms with Gasteiger partial charge in [0.05, 0.1) is 6.04 Å². The van der Waals surface area contributed by atoms with E-state index in [1.165, 1.54) is 0 Å². The number of Topliss-reactive ketones (excluding diaryl/α,β-unsaturated/α-hetero) is 1. The summed E-state index contributed by atoms with van der Waals surface area (Å²) in [6.45, 7) is 1.85. The number of phenolic OH excluding ortho intramolecular Hbond substituents is 1. The van der Waals surface area contributed by atoms with Crippen molar-refractivity contribution in [1.82, 2.24) is 5.32 Å². The minimum absolute atomic E-state index is 0.0888. The molecule has 2 N–H and O–H groups in total. The highest BCUT2D eigenvalue weighted by Crippen LogP contribution is 2.17. The number of nitrogens with one attached hydrogen (secondary N) is 1. The van der Waals surface area contributed by atoms with Crippen LogP contribution in [-0.2, 0) is 4.79 Å². The molecule has 0 aliphatic heterocycles. The molecule has 0 heterocycles. The predicted octanol–water partition coefficient (Wildman–Crippen LogP) is 3.89. The van der Waals surface area contributed by atoms with Crippen LogP contribution in [0.3, 0.4) is 0 Å². The van der Waals surface area contributed by atoms with E-state index < -0.39 is 0 Å². The number of amides is 1. The Balaban J connectivity index is 1.83. The third-order valence-electron chi connectivity index (χ3n) is 3.52. The SMILES string of the molecule is CC(NC(=O)CCC(=O)c1ccc(Cl)cc1)c1ccc(O)cc1. The number of rotatable bonds is 6. The lowest BCUT2D eigenvalue weighted by molar-refractivity contribution is -0.121. The molecule has 0 aliphatic carbocycles. The van der Waals surface area contributed by atoms with E-state index in [4.69, 9.17) is 11.6 Å². The number of aromatic hydroxyl groups is 1. The third-order valence-corrected chi connectivity index (χ3v) is 3.77. The van der Waals surface area contributed by atoms with Gasteiger partial charge in [0.2, 0.25) is 5.91 Å². The number of phenols is 1. The van der Waals surface area contributed by atoms with E-state index in [0.29, 0.717) is 10.6 Å². The lowest BCUT2D eigenvalue weighted by Gasteiger charge is -2.14. The fourth-order valence-corrected chi connectivity index (χ4v) is 2.29. The Kier molecular flexibility index (Phi) is 5.77. The molecule has 0 bridgehead atoms. The summed E-state index contributed by atoms with van der Waals surface area (Å²) >= 11 is 5.78. The van der Waals surface area contributed by atoms with Crippen LogP contribution in [0.4, 0.5) is 0 Å². The van der Waals surface area contributed by atoms with Crippen molar-refractivity contribution >= 4 is 23.3 Å². The van der Waals surface area contributed by atoms with Crippen LogP contribution in [0.15, 0.2) is 48.5 Å². The van der Waals surface area contributed by atoms with E-state index in [-0.39, 0.29) is 36.3 Å². The largest absolute Gasteiger partial charge is 0.508 e. The van der Waals surface area contributed by atoms with Crippen molar-refractivity contribution in [2.45, 2.75) is 25.8 Å². The molecule has 5 heteroatoms. The second-order valence-corrected chi connectivity index (χ2v) is 5.75. The molecule has 0 saturated heterocycles. The first kappa shape index (κ1) is 17.0. The highest BCUT2D eigenvalue weighted by atomic mass is 35.5. The number of hydrogen-bond acceptors (Lipinski definition) is 3. The van der Waals surface area contributed by atoms with Gasteiger partial charge in [0.25, 0.3) is 0 Å². The lowest BCUT2D eigenvalue weighted by Crippen LogP contribution is -2.26. The van der Waals surface area contributed by atoms with Gasteiger partial charge in [-0.1, -0.05) is 23.7 Å². The quantitative estimate of drug-likeness (QED) is 0.789. The van der Waals surface area contributed by atoms with Gasteiger partial charge in [-0.05, 0) is 48.9 Å². The van der Waals surface area contributed by atoms with E-state index in [1.807, 2.05) is 6.92 Å². The fraction of sp³-hybridized carbons (Fsp3) is 0.222. The zero-order valence-electron chi connectivity index (χ0n) is 12.8. The second kappa shape index (κ2) is 7.79. The van der Waals surface area contributed by atoms with Crippen molar-refractivity contribution in [3.05, 3.63) is 64.7 Å². The summed E-state index contributed by atoms with van der Waals surface area (Å²) in [6, 6.07) is 13.1. The van der Waals surface area contributed by atoms with Gasteiger partial charge in [-0.2, -0.15) is 0 Å². The summed E-state index contributed by atoms with van der Waals surface area (Å²) in [6.07, 6.45) is 0.277. The van der Waals surface area contributed by atoms with E-state index in [0.717, 1.165) is 5.56 Å². The molecule has 23 heavy (non-hydrogen) atoms. The normalized spacial score (nSPS) is 11.7. The van der Waals surface area contributed by atoms with Crippen LogP contribution >= 0.6 is 11.6 Å². The van der Waals surface area contributed by atoms with Crippen LogP contribution in [0.2, 0.25) is 5.02 Å². The first-order valence-electron chi connectivity index (χ1n) is 7.33. The maximum atomic E-state index is 12.0. The van der Waals surface area contributed by atoms with E-state index in [9.17, 15) is 14.7 Å². The van der Waals surface area contributed by atoms with Crippen molar-refractivity contribution in [3.63, 3.8) is 0 Å². The molecule has 1 unspecified atom stereocenters. The Morgan fingerprint density at radius 3 is 2.26 bits per heavy atom. The van der Waals surface area contributed by atoms with Crippen LogP contribution in [0.25, 0.3) is 0 Å². The molecule has 0 spiro atoms. The number of hydrogen-bond donors (Lipinski definition) is 2. The molecule has 0 aromatic heterocycles. The number of halogens is 1. The van der Waals surface area contributed by atoms with Crippen molar-refractivity contribution < 1.29 is 14.7 Å². The predicted molar refractivity (Wildman–Crippen MR) is 89.7 cm³/mol. The summed E-state index contributed by atoms with van der Waals surface area (Å²) in [5, 5.41) is 12.7. The van der Waals surface area contributed by atoms with Crippen LogP contribution in [-0.4, -0.2) is 16.8 Å². The molecule has 2 aromatic carbocycles. The highest BCUT2D eigenvalue weighted by molar-refractivity contribution is 6.30. The minimum Gasteiger partial charge on any atom is -0.508 e. The van der Waals surface area contributed by atoms with Gasteiger partial charge in [-0.25, -0.2) is 0 Å². The topological polar surface area (TPSA) is 66.4 Å². The molecule has 0 aliphatic rings. The van der Waals surface area contributed by atoms with Gasteiger partial charge < -0.3 is 10.4 Å². The van der Waals surface area contributed by atoms with Crippen LogP contribution < -0.4 is 5.32 Å². The molecular formula is C18H18ClNO3. The molecule has 0 saturated carbocycles. The zero-order chi connectivity index (χ0) is 16.8. The van der Waals surface area contributed by atoms with Gasteiger partial charge in [-0.3, -0.25) is 9.59 Å². The Morgan fingerprint density at radius 2 is 1.65 bits per heavy atom. The standard InChI is InChI=1S/C18H18ClNO3/c1-12(13-4-8-16(21)9-5-13)20-18(23)11-10-17(22)14-2-6-15(19)7-3-14/h2-9,12,21H,10-11H2,1H3,(H,20,23). The monoisotopic (exact) mass is 331 g/mol. The van der Waals surface area contributed by atoms with Crippen LogP contribution in [0.1, 0.15) is 41.7 Å². The maximum Gasteiger partial charge on any atom is 0.220 e. The highest BCUT2D eigenvalue weighted by Gasteiger charge is 2.12. The average Bonchev–Trinajstić information content (AvgIpc) is 2.54. The van der Waals surface area contributed by atoms with E-state index >= 15 is 0 Å². The summed E-state index contributed by atoms with van der Waals surface area (Å²) in [7, 11) is 0. The van der Waals surface area contributed by atoms with E-state index in [1.54, 1.807) is 48.5 Å². The average molecular weight is 332 g/mol. The van der Waals surface area contributed by atoms with Gasteiger partial charge >= 0.3 is 0 Å². The van der Waals surface area contributed by atoms with Gasteiger partial charge in [-0.15, -0.1) is 0 Å². The van der Waals surface area contributed by atoms with Gasteiger partial charge in [0.15, 0.2) is 5.78 Å². The Morgan fingerprint density at radius 1 is 1.04 bits per heavy atom. The van der Waals surface area contributed by atoms with Crippen molar-refractivity contribution in [2.24, 2.45) is 0 Å². The summed E-state index contributed by atoms with van der Waals surface area (Å²) in [5.74, 6) is -0.0946. The zero-order valence-corrected chi connectivity index (χ0v) is 13.5. The van der Waals surface area contributed by atoms with Crippen LogP contribution in [0, 0.1) is 0 Å². The molecule has 4 nitrogen and oxygen atoms in total. The van der Waals surface area contributed by atoms with Crippen LogP contribution in [0.5, 0.6) is 5.75 Å². The number of ketones is 1. The summed E-state index contributed by atoms with van der Waals surface area (Å²) < 4.78 is 0. The first-order valence-corrected chi connectivity index (χ1v) is 7.70. The van der Waals surface area contributed by atoms with Crippen molar-refractivity contribution in [2.75, 3.05) is 0 Å². The Hall–Kier alpha value is -2.33. The Bertz CT molecular complexity index is 680. The molecule has 0 fully saturated rings. The van der Waals surface area contributed by atoms with E-state index in [2.05, 4.69) is 5.32 Å². The summed E-state index contributed by atoms with van der Waals surface area (Å²) in [5.41, 5.74) is 1.44. The smallest absolute Gasteiger partial charge is 0.220 e. The number of carbonyl (C=O) groups is 2. The molecule has 2 rings (SSSR count). The number of benzene rings is 2. The van der Waals surface area contributed by atoms with Gasteiger partial charge in [0, 0.05) is 23.4 Å². The maximum absolute atomic E-state index is 12.0. The lowest BCUT2D eigenvalue weighted by atomic mass is 10.1. The summed E-state index contributed by atoms with van der Waals surface area (Å²) in [4.78, 5) is 24.0. The molecule has 120 valence electrons.